The molecule has 0 spiro atoms. The SMILES string of the molecule is CCCNC(CC(C)(C)C)c1cccc(Cl)c1Cl. The number of hydrogen-bond donors (Lipinski definition) is 1. The maximum Gasteiger partial charge on any atom is 0.0640 e. The first-order chi connectivity index (χ1) is 8.35. The van der Waals surface area contributed by atoms with E-state index in [1.54, 1.807) is 0 Å². The normalized spacial score (nSPS) is 13.7. The van der Waals surface area contributed by atoms with Gasteiger partial charge in [-0.15, -0.1) is 0 Å². The summed E-state index contributed by atoms with van der Waals surface area (Å²) in [7, 11) is 0. The largest absolute Gasteiger partial charge is 0.310 e. The molecule has 0 aliphatic rings. The van der Waals surface area contributed by atoms with E-state index in [1.807, 2.05) is 12.1 Å². The van der Waals surface area contributed by atoms with Gasteiger partial charge in [0, 0.05) is 6.04 Å². The Morgan fingerprint density at radius 3 is 2.44 bits per heavy atom. The van der Waals surface area contributed by atoms with Gasteiger partial charge in [0.15, 0.2) is 0 Å². The number of hydrogen-bond acceptors (Lipinski definition) is 1. The van der Waals surface area contributed by atoms with Crippen LogP contribution in [0.3, 0.4) is 0 Å². The fourth-order valence-corrected chi connectivity index (χ4v) is 2.45. The lowest BCUT2D eigenvalue weighted by Gasteiger charge is -2.28. The van der Waals surface area contributed by atoms with Gasteiger partial charge in [-0.1, -0.05) is 63.0 Å². The first-order valence-electron chi connectivity index (χ1n) is 6.52. The van der Waals surface area contributed by atoms with E-state index in [1.165, 1.54) is 0 Å². The smallest absolute Gasteiger partial charge is 0.0640 e. The molecule has 0 amide bonds. The van der Waals surface area contributed by atoms with Gasteiger partial charge in [0.25, 0.3) is 0 Å². The molecule has 0 radical (unpaired) electrons. The van der Waals surface area contributed by atoms with Crippen LogP contribution in [0.2, 0.25) is 10.0 Å². The van der Waals surface area contributed by atoms with Crippen molar-refractivity contribution in [3.63, 3.8) is 0 Å². The van der Waals surface area contributed by atoms with E-state index in [-0.39, 0.29) is 11.5 Å². The monoisotopic (exact) mass is 287 g/mol. The summed E-state index contributed by atoms with van der Waals surface area (Å²) in [5.41, 5.74) is 1.35. The number of rotatable bonds is 5. The summed E-state index contributed by atoms with van der Waals surface area (Å²) >= 11 is 12.4. The molecule has 1 atom stereocenters. The molecule has 1 aromatic rings. The minimum Gasteiger partial charge on any atom is -0.310 e. The van der Waals surface area contributed by atoms with Crippen LogP contribution in [0.25, 0.3) is 0 Å². The maximum absolute atomic E-state index is 6.32. The van der Waals surface area contributed by atoms with Crippen LogP contribution in [-0.4, -0.2) is 6.54 Å². The Hall–Kier alpha value is -0.240. The van der Waals surface area contributed by atoms with Gasteiger partial charge in [0.2, 0.25) is 0 Å². The second kappa shape index (κ2) is 6.79. The highest BCUT2D eigenvalue weighted by Crippen LogP contribution is 2.35. The van der Waals surface area contributed by atoms with Crippen molar-refractivity contribution >= 4 is 23.2 Å². The Kier molecular flexibility index (Phi) is 5.97. The minimum absolute atomic E-state index is 0.247. The third-order valence-electron chi connectivity index (χ3n) is 2.81. The van der Waals surface area contributed by atoms with Gasteiger partial charge in [-0.25, -0.2) is 0 Å². The van der Waals surface area contributed by atoms with Crippen molar-refractivity contribution in [3.8, 4) is 0 Å². The molecule has 1 nitrogen and oxygen atoms in total. The third kappa shape index (κ3) is 4.79. The summed E-state index contributed by atoms with van der Waals surface area (Å²) in [6, 6.07) is 6.12. The van der Waals surface area contributed by atoms with Gasteiger partial charge in [-0.2, -0.15) is 0 Å². The molecule has 1 unspecified atom stereocenters. The molecule has 0 aromatic heterocycles. The van der Waals surface area contributed by atoms with Crippen LogP contribution >= 0.6 is 23.2 Å². The van der Waals surface area contributed by atoms with Crippen molar-refractivity contribution in [2.45, 2.75) is 46.6 Å². The van der Waals surface area contributed by atoms with E-state index >= 15 is 0 Å². The summed E-state index contributed by atoms with van der Waals surface area (Å²) in [5, 5.41) is 4.88. The molecule has 0 fully saturated rings. The summed E-state index contributed by atoms with van der Waals surface area (Å²) in [5.74, 6) is 0. The lowest BCUT2D eigenvalue weighted by atomic mass is 9.85. The predicted molar refractivity (Wildman–Crippen MR) is 81.6 cm³/mol. The second-order valence-electron chi connectivity index (χ2n) is 5.91. The molecule has 0 heterocycles. The van der Waals surface area contributed by atoms with E-state index in [0.29, 0.717) is 10.0 Å². The second-order valence-corrected chi connectivity index (χ2v) is 6.70. The Bertz CT molecular complexity index is 383. The van der Waals surface area contributed by atoms with Crippen LogP contribution < -0.4 is 5.32 Å². The Morgan fingerprint density at radius 2 is 1.89 bits per heavy atom. The van der Waals surface area contributed by atoms with Crippen LogP contribution in [0.1, 0.15) is 52.1 Å². The number of nitrogens with one attached hydrogen (secondary N) is 1. The van der Waals surface area contributed by atoms with Crippen LogP contribution in [-0.2, 0) is 0 Å². The molecular weight excluding hydrogens is 265 g/mol. The molecule has 18 heavy (non-hydrogen) atoms. The molecule has 0 aliphatic heterocycles. The standard InChI is InChI=1S/C15H23Cl2N/c1-5-9-18-13(10-15(2,3)4)11-7-6-8-12(16)14(11)17/h6-8,13,18H,5,9-10H2,1-4H3. The van der Waals surface area contributed by atoms with Crippen LogP contribution in [0.15, 0.2) is 18.2 Å². The van der Waals surface area contributed by atoms with E-state index in [4.69, 9.17) is 23.2 Å². The molecule has 3 heteroatoms. The average Bonchev–Trinajstić information content (AvgIpc) is 2.27. The van der Waals surface area contributed by atoms with Crippen molar-refractivity contribution < 1.29 is 0 Å². The molecular formula is C15H23Cl2N. The van der Waals surface area contributed by atoms with Gasteiger partial charge < -0.3 is 5.32 Å². The molecule has 1 rings (SSSR count). The zero-order valence-electron chi connectivity index (χ0n) is 11.7. The summed E-state index contributed by atoms with van der Waals surface area (Å²) in [6.07, 6.45) is 2.14. The van der Waals surface area contributed by atoms with Crippen molar-refractivity contribution in [2.75, 3.05) is 6.54 Å². The third-order valence-corrected chi connectivity index (χ3v) is 3.65. The highest BCUT2D eigenvalue weighted by Gasteiger charge is 2.22. The van der Waals surface area contributed by atoms with Gasteiger partial charge in [0.05, 0.1) is 10.0 Å². The topological polar surface area (TPSA) is 12.0 Å². The van der Waals surface area contributed by atoms with Gasteiger partial charge in [0.1, 0.15) is 0 Å². The van der Waals surface area contributed by atoms with E-state index in [0.717, 1.165) is 24.9 Å². The number of halogens is 2. The van der Waals surface area contributed by atoms with Crippen LogP contribution in [0.4, 0.5) is 0 Å². The van der Waals surface area contributed by atoms with Crippen molar-refractivity contribution in [3.05, 3.63) is 33.8 Å². The number of benzene rings is 1. The van der Waals surface area contributed by atoms with Crippen molar-refractivity contribution in [2.24, 2.45) is 5.41 Å². The zero-order valence-corrected chi connectivity index (χ0v) is 13.2. The Balaban J connectivity index is 2.97. The molecule has 0 aliphatic carbocycles. The van der Waals surface area contributed by atoms with Crippen molar-refractivity contribution in [1.82, 2.24) is 5.32 Å². The van der Waals surface area contributed by atoms with Crippen LogP contribution in [0, 0.1) is 5.41 Å². The molecule has 0 bridgehead atoms. The highest BCUT2D eigenvalue weighted by molar-refractivity contribution is 6.42. The van der Waals surface area contributed by atoms with E-state index < -0.39 is 0 Å². The first kappa shape index (κ1) is 15.8. The molecule has 102 valence electrons. The lowest BCUT2D eigenvalue weighted by molar-refractivity contribution is 0.311. The quantitative estimate of drug-likeness (QED) is 0.757. The molecule has 1 aromatic carbocycles. The zero-order chi connectivity index (χ0) is 13.8. The van der Waals surface area contributed by atoms with Gasteiger partial charge >= 0.3 is 0 Å². The average molecular weight is 288 g/mol. The summed E-state index contributed by atoms with van der Waals surface area (Å²) in [6.45, 7) is 9.88. The summed E-state index contributed by atoms with van der Waals surface area (Å²) < 4.78 is 0. The Labute approximate surface area is 121 Å². The minimum atomic E-state index is 0.247. The summed E-state index contributed by atoms with van der Waals surface area (Å²) in [4.78, 5) is 0. The maximum atomic E-state index is 6.32. The Morgan fingerprint density at radius 1 is 1.22 bits per heavy atom. The van der Waals surface area contributed by atoms with E-state index in [9.17, 15) is 0 Å². The molecule has 0 saturated carbocycles. The van der Waals surface area contributed by atoms with E-state index in [2.05, 4.69) is 39.1 Å². The molecule has 0 saturated heterocycles. The lowest BCUT2D eigenvalue weighted by Crippen LogP contribution is -2.26. The highest BCUT2D eigenvalue weighted by atomic mass is 35.5. The predicted octanol–water partition coefficient (Wildman–Crippen LogP) is 5.47. The fourth-order valence-electron chi connectivity index (χ4n) is 2.01. The van der Waals surface area contributed by atoms with Gasteiger partial charge in [-0.3, -0.25) is 0 Å². The van der Waals surface area contributed by atoms with Crippen LogP contribution in [0.5, 0.6) is 0 Å². The van der Waals surface area contributed by atoms with Crippen molar-refractivity contribution in [1.29, 1.82) is 0 Å². The van der Waals surface area contributed by atoms with Gasteiger partial charge in [-0.05, 0) is 36.4 Å². The first-order valence-corrected chi connectivity index (χ1v) is 7.28. The fraction of sp³-hybridized carbons (Fsp3) is 0.600. The molecule has 1 N–H and O–H groups in total.